The topological polar surface area (TPSA) is 105 Å². The van der Waals surface area contributed by atoms with E-state index in [-0.39, 0.29) is 11.7 Å². The van der Waals surface area contributed by atoms with Crippen molar-refractivity contribution >= 4 is 0 Å². The first kappa shape index (κ1) is 13.2. The summed E-state index contributed by atoms with van der Waals surface area (Å²) in [7, 11) is 0. The highest BCUT2D eigenvalue weighted by Crippen LogP contribution is 2.21. The van der Waals surface area contributed by atoms with Gasteiger partial charge in [-0.15, -0.1) is 10.2 Å². The van der Waals surface area contributed by atoms with Gasteiger partial charge in [0.25, 0.3) is 0 Å². The predicted octanol–water partition coefficient (Wildman–Crippen LogP) is 0.675. The van der Waals surface area contributed by atoms with E-state index >= 15 is 0 Å². The average Bonchev–Trinajstić information content (AvgIpc) is 3.14. The van der Waals surface area contributed by atoms with Gasteiger partial charge >= 0.3 is 5.69 Å². The fourth-order valence-electron chi connectivity index (χ4n) is 2.42. The van der Waals surface area contributed by atoms with Crippen molar-refractivity contribution in [2.75, 3.05) is 0 Å². The smallest absolute Gasteiger partial charge is 0.271 e. The highest BCUT2D eigenvalue weighted by Gasteiger charge is 2.20. The molecule has 0 amide bonds. The van der Waals surface area contributed by atoms with Crippen LogP contribution in [-0.4, -0.2) is 35.4 Å². The minimum Gasteiger partial charge on any atom is -0.271 e. The van der Waals surface area contributed by atoms with E-state index in [4.69, 9.17) is 0 Å². The van der Waals surface area contributed by atoms with Crippen LogP contribution in [0.5, 0.6) is 0 Å². The number of hydrogen-bond acceptors (Lipinski definition) is 5. The maximum Gasteiger partial charge on any atom is 0.343 e. The van der Waals surface area contributed by atoms with Gasteiger partial charge < -0.3 is 0 Å². The van der Waals surface area contributed by atoms with Crippen LogP contribution in [0.3, 0.4) is 0 Å². The van der Waals surface area contributed by atoms with E-state index in [0.717, 1.165) is 12.0 Å². The van der Waals surface area contributed by atoms with Gasteiger partial charge in [-0.1, -0.05) is 42.5 Å². The van der Waals surface area contributed by atoms with Crippen LogP contribution in [0.25, 0.3) is 0 Å². The lowest BCUT2D eigenvalue weighted by molar-refractivity contribution is 0.529. The molecule has 21 heavy (non-hydrogen) atoms. The number of rotatable bonds is 5. The van der Waals surface area contributed by atoms with Gasteiger partial charge in [-0.3, -0.25) is 4.57 Å². The van der Waals surface area contributed by atoms with Crippen molar-refractivity contribution in [2.45, 2.75) is 25.8 Å². The Balaban J connectivity index is 2.00. The molecular weight excluding hydrogens is 270 g/mol. The molecule has 0 aliphatic rings. The standard InChI is InChI=1S/C13H15N7O/c1-2-10(9-6-4-3-5-7-9)20-12(16-17-13(20)21)8-11-14-18-19-15-11/h3-7,10H,2,8H2,1H3,(H,17,21)(H,14,15,18,19)/t10-/m0/s1. The van der Waals surface area contributed by atoms with Crippen molar-refractivity contribution in [3.63, 3.8) is 0 Å². The maximum atomic E-state index is 12.1. The van der Waals surface area contributed by atoms with Gasteiger partial charge in [0, 0.05) is 0 Å². The highest BCUT2D eigenvalue weighted by atomic mass is 16.1. The minimum atomic E-state index is -0.232. The Morgan fingerprint density at radius 1 is 1.24 bits per heavy atom. The monoisotopic (exact) mass is 285 g/mol. The summed E-state index contributed by atoms with van der Waals surface area (Å²) in [6, 6.07) is 9.81. The lowest BCUT2D eigenvalue weighted by atomic mass is 10.0. The molecule has 1 atom stereocenters. The molecule has 8 heteroatoms. The summed E-state index contributed by atoms with van der Waals surface area (Å²) in [5.74, 6) is 1.09. The first-order chi connectivity index (χ1) is 10.3. The molecule has 108 valence electrons. The second kappa shape index (κ2) is 5.70. The molecule has 3 rings (SSSR count). The van der Waals surface area contributed by atoms with Crippen LogP contribution in [0.2, 0.25) is 0 Å². The molecule has 2 N–H and O–H groups in total. The van der Waals surface area contributed by atoms with Crippen molar-refractivity contribution in [1.29, 1.82) is 0 Å². The van der Waals surface area contributed by atoms with Crippen LogP contribution in [0.15, 0.2) is 35.1 Å². The molecule has 0 radical (unpaired) electrons. The molecule has 0 saturated heterocycles. The van der Waals surface area contributed by atoms with Crippen molar-refractivity contribution < 1.29 is 0 Å². The van der Waals surface area contributed by atoms with Crippen LogP contribution >= 0.6 is 0 Å². The Morgan fingerprint density at radius 2 is 2.05 bits per heavy atom. The number of benzene rings is 1. The number of aromatic nitrogens is 7. The molecule has 3 aromatic rings. The van der Waals surface area contributed by atoms with Gasteiger partial charge in [0.2, 0.25) is 0 Å². The van der Waals surface area contributed by atoms with E-state index in [9.17, 15) is 4.79 Å². The molecule has 0 aliphatic heterocycles. The normalized spacial score (nSPS) is 12.4. The second-order valence-corrected chi connectivity index (χ2v) is 4.65. The van der Waals surface area contributed by atoms with E-state index in [1.807, 2.05) is 37.3 Å². The highest BCUT2D eigenvalue weighted by molar-refractivity contribution is 5.20. The van der Waals surface area contributed by atoms with Gasteiger partial charge in [0.1, 0.15) is 5.82 Å². The third kappa shape index (κ3) is 2.60. The summed E-state index contributed by atoms with van der Waals surface area (Å²) in [6.07, 6.45) is 1.13. The van der Waals surface area contributed by atoms with E-state index in [1.165, 1.54) is 0 Å². The number of tetrazole rings is 1. The molecule has 0 saturated carbocycles. The van der Waals surface area contributed by atoms with E-state index in [0.29, 0.717) is 18.1 Å². The molecule has 1 aromatic carbocycles. The number of hydrogen-bond donors (Lipinski definition) is 2. The quantitative estimate of drug-likeness (QED) is 0.717. The SMILES string of the molecule is CC[C@@H](c1ccccc1)n1c(Cc2nn[nH]n2)n[nH]c1=O. The molecule has 0 bridgehead atoms. The molecule has 0 spiro atoms. The second-order valence-electron chi connectivity index (χ2n) is 4.65. The molecule has 0 aliphatic carbocycles. The first-order valence-electron chi connectivity index (χ1n) is 6.72. The van der Waals surface area contributed by atoms with E-state index < -0.39 is 0 Å². The zero-order valence-corrected chi connectivity index (χ0v) is 11.5. The number of H-pyrrole nitrogens is 2. The Morgan fingerprint density at radius 3 is 2.71 bits per heavy atom. The summed E-state index contributed by atoms with van der Waals surface area (Å²) in [5.41, 5.74) is 0.835. The Bertz CT molecular complexity index is 744. The summed E-state index contributed by atoms with van der Waals surface area (Å²) >= 11 is 0. The average molecular weight is 285 g/mol. The number of aromatic amines is 2. The summed E-state index contributed by atoms with van der Waals surface area (Å²) in [4.78, 5) is 12.1. The Hall–Kier alpha value is -2.77. The third-order valence-electron chi connectivity index (χ3n) is 3.37. The minimum absolute atomic E-state index is 0.0700. The zero-order valence-electron chi connectivity index (χ0n) is 11.5. The fraction of sp³-hybridized carbons (Fsp3) is 0.308. The van der Waals surface area contributed by atoms with Crippen molar-refractivity contribution in [1.82, 2.24) is 35.4 Å². The van der Waals surface area contributed by atoms with Gasteiger partial charge in [-0.05, 0) is 12.0 Å². The number of nitrogens with zero attached hydrogens (tertiary/aromatic N) is 5. The van der Waals surface area contributed by atoms with Crippen LogP contribution in [-0.2, 0) is 6.42 Å². The van der Waals surface area contributed by atoms with E-state index in [2.05, 4.69) is 30.8 Å². The van der Waals surface area contributed by atoms with Crippen LogP contribution in [0.1, 0.15) is 36.6 Å². The third-order valence-corrected chi connectivity index (χ3v) is 3.37. The molecule has 2 heterocycles. The first-order valence-corrected chi connectivity index (χ1v) is 6.72. The summed E-state index contributed by atoms with van der Waals surface area (Å²) in [6.45, 7) is 2.04. The predicted molar refractivity (Wildman–Crippen MR) is 74.7 cm³/mol. The van der Waals surface area contributed by atoms with Crippen LogP contribution < -0.4 is 5.69 Å². The molecule has 0 unspecified atom stereocenters. The molecule has 2 aromatic heterocycles. The van der Waals surface area contributed by atoms with Gasteiger partial charge in [-0.2, -0.15) is 10.3 Å². The zero-order chi connectivity index (χ0) is 14.7. The van der Waals surface area contributed by atoms with Gasteiger partial charge in [-0.25, -0.2) is 9.89 Å². The summed E-state index contributed by atoms with van der Waals surface area (Å²) < 4.78 is 1.66. The van der Waals surface area contributed by atoms with Crippen LogP contribution in [0, 0.1) is 0 Å². The summed E-state index contributed by atoms with van der Waals surface area (Å²) in [5, 5.41) is 20.3. The fourth-order valence-corrected chi connectivity index (χ4v) is 2.42. The van der Waals surface area contributed by atoms with Crippen molar-refractivity contribution in [3.8, 4) is 0 Å². The molecular formula is C13H15N7O. The van der Waals surface area contributed by atoms with Crippen LogP contribution in [0.4, 0.5) is 0 Å². The lowest BCUT2D eigenvalue weighted by Crippen LogP contribution is -2.25. The molecule has 8 nitrogen and oxygen atoms in total. The van der Waals surface area contributed by atoms with Crippen molar-refractivity contribution in [2.24, 2.45) is 0 Å². The maximum absolute atomic E-state index is 12.1. The van der Waals surface area contributed by atoms with Gasteiger partial charge in [0.15, 0.2) is 5.82 Å². The Labute approximate surface area is 120 Å². The molecule has 0 fully saturated rings. The van der Waals surface area contributed by atoms with Gasteiger partial charge in [0.05, 0.1) is 12.5 Å². The lowest BCUT2D eigenvalue weighted by Gasteiger charge is -2.17. The Kier molecular flexibility index (Phi) is 3.59. The number of nitrogens with one attached hydrogen (secondary N) is 2. The van der Waals surface area contributed by atoms with Crippen molar-refractivity contribution in [3.05, 3.63) is 58.0 Å². The van der Waals surface area contributed by atoms with E-state index in [1.54, 1.807) is 4.57 Å². The largest absolute Gasteiger partial charge is 0.343 e.